The topological polar surface area (TPSA) is 61.8 Å². The van der Waals surface area contributed by atoms with Gasteiger partial charge in [0.2, 0.25) is 0 Å². The van der Waals surface area contributed by atoms with Crippen LogP contribution in [0.25, 0.3) is 0 Å². The zero-order valence-electron chi connectivity index (χ0n) is 15.5. The van der Waals surface area contributed by atoms with Crippen molar-refractivity contribution in [1.82, 2.24) is 0 Å². The van der Waals surface area contributed by atoms with Crippen LogP contribution in [0, 0.1) is 11.7 Å². The Morgan fingerprint density at radius 2 is 1.86 bits per heavy atom. The minimum atomic E-state index is -0.264. The van der Waals surface area contributed by atoms with Gasteiger partial charge < -0.3 is 10.8 Å². The molecule has 3 aromatic rings. The number of nitrogens with zero attached hydrogens (tertiary/aromatic N) is 2. The number of nitrogen functional groups attached to an aromatic ring is 1. The van der Waals surface area contributed by atoms with Crippen LogP contribution in [0.4, 0.5) is 15.8 Å². The molecule has 0 saturated heterocycles. The highest BCUT2D eigenvalue weighted by atomic mass is 35.5. The predicted octanol–water partition coefficient (Wildman–Crippen LogP) is 5.29. The lowest BCUT2D eigenvalue weighted by Gasteiger charge is -2.30. The van der Waals surface area contributed by atoms with Gasteiger partial charge in [-0.3, -0.25) is 5.01 Å². The highest BCUT2D eigenvalue weighted by molar-refractivity contribution is 6.33. The van der Waals surface area contributed by atoms with E-state index in [1.54, 1.807) is 12.1 Å². The maximum atomic E-state index is 13.6. The molecule has 2 atom stereocenters. The lowest BCUT2D eigenvalue weighted by atomic mass is 9.77. The van der Waals surface area contributed by atoms with Crippen molar-refractivity contribution in [2.24, 2.45) is 11.0 Å². The van der Waals surface area contributed by atoms with Crippen molar-refractivity contribution in [2.75, 3.05) is 10.7 Å². The minimum Gasteiger partial charge on any atom is -0.508 e. The molecule has 3 aromatic carbocycles. The number of hydrazone groups is 1. The van der Waals surface area contributed by atoms with Crippen LogP contribution in [0.2, 0.25) is 5.02 Å². The van der Waals surface area contributed by atoms with Crippen LogP contribution in [0.1, 0.15) is 29.2 Å². The number of aromatic hydroxyl groups is 1. The van der Waals surface area contributed by atoms with Gasteiger partial charge in [0.05, 0.1) is 28.2 Å². The zero-order chi connectivity index (χ0) is 20.1. The van der Waals surface area contributed by atoms with Crippen molar-refractivity contribution < 1.29 is 9.50 Å². The fraction of sp³-hybridized carbons (Fsp3) is 0.174. The van der Waals surface area contributed by atoms with E-state index in [0.717, 1.165) is 40.9 Å². The van der Waals surface area contributed by atoms with E-state index in [4.69, 9.17) is 22.4 Å². The van der Waals surface area contributed by atoms with E-state index in [9.17, 15) is 9.50 Å². The first-order valence-electron chi connectivity index (χ1n) is 9.52. The second kappa shape index (κ2) is 6.78. The Hall–Kier alpha value is -3.05. The molecule has 0 saturated carbocycles. The van der Waals surface area contributed by atoms with Gasteiger partial charge in [-0.25, -0.2) is 4.39 Å². The van der Waals surface area contributed by atoms with Crippen molar-refractivity contribution in [2.45, 2.75) is 18.9 Å². The lowest BCUT2D eigenvalue weighted by Crippen LogP contribution is -2.28. The number of phenols is 1. The van der Waals surface area contributed by atoms with Crippen LogP contribution >= 0.6 is 11.6 Å². The summed E-state index contributed by atoms with van der Waals surface area (Å²) in [7, 11) is 0. The van der Waals surface area contributed by atoms with Crippen LogP contribution < -0.4 is 10.7 Å². The van der Waals surface area contributed by atoms with E-state index in [1.165, 1.54) is 12.1 Å². The van der Waals surface area contributed by atoms with Gasteiger partial charge in [-0.1, -0.05) is 23.7 Å². The predicted molar refractivity (Wildman–Crippen MR) is 114 cm³/mol. The molecule has 4 nitrogen and oxygen atoms in total. The first kappa shape index (κ1) is 18.0. The van der Waals surface area contributed by atoms with E-state index in [-0.39, 0.29) is 23.5 Å². The average molecular weight is 408 g/mol. The first-order chi connectivity index (χ1) is 14.0. The first-order valence-corrected chi connectivity index (χ1v) is 9.89. The third-order valence-corrected chi connectivity index (χ3v) is 6.09. The molecular formula is C23H19ClFN3O. The van der Waals surface area contributed by atoms with Gasteiger partial charge in [0, 0.05) is 11.5 Å². The normalized spacial score (nSPS) is 20.2. The second-order valence-electron chi connectivity index (χ2n) is 7.52. The van der Waals surface area contributed by atoms with E-state index >= 15 is 0 Å². The molecule has 0 radical (unpaired) electrons. The number of nitrogens with two attached hydrogens (primary N) is 1. The molecular weight excluding hydrogens is 389 g/mol. The molecule has 3 N–H and O–H groups in total. The number of benzene rings is 3. The molecule has 2 aliphatic rings. The summed E-state index contributed by atoms with van der Waals surface area (Å²) in [6, 6.07) is 17.4. The fourth-order valence-corrected chi connectivity index (χ4v) is 4.55. The monoisotopic (exact) mass is 407 g/mol. The summed E-state index contributed by atoms with van der Waals surface area (Å²) >= 11 is 6.28. The van der Waals surface area contributed by atoms with E-state index < -0.39 is 0 Å². The summed E-state index contributed by atoms with van der Waals surface area (Å²) in [4.78, 5) is 0. The number of hydrogen-bond acceptors (Lipinski definition) is 4. The van der Waals surface area contributed by atoms with Crippen molar-refractivity contribution in [3.63, 3.8) is 0 Å². The molecule has 0 fully saturated rings. The summed E-state index contributed by atoms with van der Waals surface area (Å²) < 4.78 is 13.6. The van der Waals surface area contributed by atoms with E-state index in [1.807, 2.05) is 41.4 Å². The molecule has 0 bridgehead atoms. The van der Waals surface area contributed by atoms with Crippen molar-refractivity contribution in [3.8, 4) is 5.75 Å². The molecule has 1 aliphatic carbocycles. The van der Waals surface area contributed by atoms with Gasteiger partial charge in [0.15, 0.2) is 0 Å². The number of phenolic OH excluding ortho intramolecular Hbond substituents is 1. The smallest absolute Gasteiger partial charge is 0.123 e. The quantitative estimate of drug-likeness (QED) is 0.567. The second-order valence-corrected chi connectivity index (χ2v) is 7.93. The number of halogens is 2. The molecule has 0 aromatic heterocycles. The summed E-state index contributed by atoms with van der Waals surface area (Å²) in [6.07, 6.45) is 1.73. The Balaban J connectivity index is 1.65. The maximum absolute atomic E-state index is 13.6. The molecule has 1 aliphatic heterocycles. The van der Waals surface area contributed by atoms with Crippen LogP contribution in [0.3, 0.4) is 0 Å². The SMILES string of the molecule is Nc1ccc(N2N=C3c4ccc(O)cc4CC[C@@H]3[C@@H]2c2ccc(F)cc2)cc1Cl. The number of anilines is 2. The van der Waals surface area contributed by atoms with Gasteiger partial charge in [-0.05, 0) is 72.5 Å². The summed E-state index contributed by atoms with van der Waals surface area (Å²) in [5.74, 6) is 0.145. The highest BCUT2D eigenvalue weighted by Crippen LogP contribution is 2.46. The van der Waals surface area contributed by atoms with Crippen molar-refractivity contribution in [3.05, 3.63) is 88.2 Å². The Bertz CT molecular complexity index is 1130. The van der Waals surface area contributed by atoms with Gasteiger partial charge in [-0.15, -0.1) is 0 Å². The Morgan fingerprint density at radius 1 is 1.07 bits per heavy atom. The summed E-state index contributed by atoms with van der Waals surface area (Å²) in [5.41, 5.74) is 11.4. The van der Waals surface area contributed by atoms with Gasteiger partial charge in [0.1, 0.15) is 11.6 Å². The zero-order valence-corrected chi connectivity index (χ0v) is 16.3. The molecule has 0 spiro atoms. The van der Waals surface area contributed by atoms with Crippen LogP contribution in [-0.4, -0.2) is 10.8 Å². The molecule has 0 unspecified atom stereocenters. The van der Waals surface area contributed by atoms with Gasteiger partial charge in [0.25, 0.3) is 0 Å². The summed E-state index contributed by atoms with van der Waals surface area (Å²) in [6.45, 7) is 0. The number of aryl methyl sites for hydroxylation is 1. The molecule has 29 heavy (non-hydrogen) atoms. The number of fused-ring (bicyclic) bond motifs is 3. The van der Waals surface area contributed by atoms with Crippen molar-refractivity contribution >= 4 is 28.7 Å². The third kappa shape index (κ3) is 3.02. The molecule has 5 rings (SSSR count). The molecule has 1 heterocycles. The minimum absolute atomic E-state index is 0.0766. The van der Waals surface area contributed by atoms with Crippen LogP contribution in [0.5, 0.6) is 5.75 Å². The Labute approximate surface area is 173 Å². The van der Waals surface area contributed by atoms with E-state index in [0.29, 0.717) is 10.7 Å². The highest BCUT2D eigenvalue weighted by Gasteiger charge is 2.42. The maximum Gasteiger partial charge on any atom is 0.123 e. The van der Waals surface area contributed by atoms with Gasteiger partial charge in [-0.2, -0.15) is 5.10 Å². The van der Waals surface area contributed by atoms with Crippen molar-refractivity contribution in [1.29, 1.82) is 0 Å². The van der Waals surface area contributed by atoms with Crippen LogP contribution in [-0.2, 0) is 6.42 Å². The largest absolute Gasteiger partial charge is 0.508 e. The van der Waals surface area contributed by atoms with Gasteiger partial charge >= 0.3 is 0 Å². The lowest BCUT2D eigenvalue weighted by molar-refractivity contribution is 0.472. The number of hydrogen-bond donors (Lipinski definition) is 2. The standard InChI is InChI=1S/C23H19ClFN3O/c24-20-12-16(6-10-21(20)26)28-23(13-1-4-15(25)5-2-13)19-8-3-14-11-17(29)7-9-18(14)22(19)27-28/h1-2,4-7,9-12,19,23,29H,3,8,26H2/t19-,23-/m0/s1. The van der Waals surface area contributed by atoms with Crippen LogP contribution in [0.15, 0.2) is 65.8 Å². The van der Waals surface area contributed by atoms with E-state index in [2.05, 4.69) is 0 Å². The third-order valence-electron chi connectivity index (χ3n) is 5.76. The fourth-order valence-electron chi connectivity index (χ4n) is 4.38. The molecule has 6 heteroatoms. The Kier molecular flexibility index (Phi) is 4.21. The summed E-state index contributed by atoms with van der Waals surface area (Å²) in [5, 5.41) is 17.3. The average Bonchev–Trinajstić information content (AvgIpc) is 3.10. The molecule has 146 valence electrons. The Morgan fingerprint density at radius 3 is 2.62 bits per heavy atom. The number of rotatable bonds is 2. The molecule has 0 amide bonds.